The van der Waals surface area contributed by atoms with E-state index in [0.717, 1.165) is 19.3 Å². The summed E-state index contributed by atoms with van der Waals surface area (Å²) < 4.78 is 61.0. The highest BCUT2D eigenvalue weighted by Crippen LogP contribution is 2.47. The van der Waals surface area contributed by atoms with Crippen LogP contribution in [0.25, 0.3) is 0 Å². The molecule has 4 nitrogen and oxygen atoms in total. The molecule has 0 atom stereocenters. The molecule has 18 heavy (non-hydrogen) atoms. The van der Waals surface area contributed by atoms with Gasteiger partial charge in [-0.2, -0.15) is 13.2 Å². The first-order valence-electron chi connectivity index (χ1n) is 5.92. The summed E-state index contributed by atoms with van der Waals surface area (Å²) in [6.07, 6.45) is -3.17. The van der Waals surface area contributed by atoms with Gasteiger partial charge in [-0.05, 0) is 37.6 Å². The average molecular weight is 288 g/mol. The van der Waals surface area contributed by atoms with Gasteiger partial charge >= 0.3 is 6.18 Å². The quantitative estimate of drug-likeness (QED) is 0.708. The van der Waals surface area contributed by atoms with Gasteiger partial charge in [-0.25, -0.2) is 13.1 Å². The minimum atomic E-state index is -4.30. The second-order valence-electron chi connectivity index (χ2n) is 4.90. The fourth-order valence-electron chi connectivity index (χ4n) is 1.80. The lowest BCUT2D eigenvalue weighted by Crippen LogP contribution is -2.33. The Morgan fingerprint density at radius 3 is 2.33 bits per heavy atom. The Morgan fingerprint density at radius 2 is 1.89 bits per heavy atom. The van der Waals surface area contributed by atoms with Crippen LogP contribution in [0.3, 0.4) is 0 Å². The van der Waals surface area contributed by atoms with Crippen LogP contribution in [-0.2, 0) is 10.0 Å². The molecule has 0 bridgehead atoms. The molecule has 108 valence electrons. The van der Waals surface area contributed by atoms with Gasteiger partial charge in [0.2, 0.25) is 10.0 Å². The molecular weight excluding hydrogens is 269 g/mol. The van der Waals surface area contributed by atoms with Gasteiger partial charge in [-0.15, -0.1) is 0 Å². The zero-order valence-corrected chi connectivity index (χ0v) is 10.9. The third kappa shape index (κ3) is 6.01. The minimum Gasteiger partial charge on any atom is -0.330 e. The number of hydrogen-bond acceptors (Lipinski definition) is 3. The molecule has 0 spiro atoms. The number of hydrogen-bond donors (Lipinski definition) is 2. The monoisotopic (exact) mass is 288 g/mol. The van der Waals surface area contributed by atoms with Crippen molar-refractivity contribution in [2.45, 2.75) is 38.3 Å². The van der Waals surface area contributed by atoms with Crippen molar-refractivity contribution < 1.29 is 21.6 Å². The van der Waals surface area contributed by atoms with Crippen molar-refractivity contribution in [3.8, 4) is 0 Å². The maximum atomic E-state index is 11.9. The number of nitrogens with one attached hydrogen (secondary N) is 1. The summed E-state index contributed by atoms with van der Waals surface area (Å²) >= 11 is 0. The fraction of sp³-hybridized carbons (Fsp3) is 1.00. The van der Waals surface area contributed by atoms with Crippen LogP contribution in [0, 0.1) is 5.41 Å². The molecule has 0 radical (unpaired) electrons. The highest BCUT2D eigenvalue weighted by molar-refractivity contribution is 7.89. The fourth-order valence-corrected chi connectivity index (χ4v) is 2.99. The van der Waals surface area contributed by atoms with Crippen LogP contribution in [0.5, 0.6) is 0 Å². The Kier molecular flexibility index (Phi) is 5.02. The van der Waals surface area contributed by atoms with Gasteiger partial charge in [0.25, 0.3) is 0 Å². The van der Waals surface area contributed by atoms with Gasteiger partial charge in [0.05, 0.1) is 5.75 Å². The van der Waals surface area contributed by atoms with Crippen LogP contribution < -0.4 is 10.5 Å². The molecule has 0 amide bonds. The first-order chi connectivity index (χ1) is 8.18. The van der Waals surface area contributed by atoms with Crippen molar-refractivity contribution in [3.63, 3.8) is 0 Å². The maximum Gasteiger partial charge on any atom is 0.389 e. The molecular formula is C10H19F3N2O2S. The van der Waals surface area contributed by atoms with Gasteiger partial charge in [-0.3, -0.25) is 0 Å². The molecule has 0 aliphatic heterocycles. The molecule has 1 fully saturated rings. The summed E-state index contributed by atoms with van der Waals surface area (Å²) in [5, 5.41) is 0. The second kappa shape index (κ2) is 5.75. The van der Waals surface area contributed by atoms with Gasteiger partial charge in [-0.1, -0.05) is 0 Å². The first kappa shape index (κ1) is 15.7. The number of nitrogens with two attached hydrogens (primary N) is 1. The lowest BCUT2D eigenvalue weighted by Gasteiger charge is -2.15. The molecule has 0 heterocycles. The Hall–Kier alpha value is -0.340. The van der Waals surface area contributed by atoms with E-state index in [1.54, 1.807) is 0 Å². The summed E-state index contributed by atoms with van der Waals surface area (Å²) in [7, 11) is -3.61. The summed E-state index contributed by atoms with van der Waals surface area (Å²) in [4.78, 5) is 0. The molecule has 0 aromatic rings. The van der Waals surface area contributed by atoms with E-state index in [1.807, 2.05) is 0 Å². The van der Waals surface area contributed by atoms with Crippen molar-refractivity contribution in [1.82, 2.24) is 4.72 Å². The predicted molar refractivity (Wildman–Crippen MR) is 62.4 cm³/mol. The largest absolute Gasteiger partial charge is 0.389 e. The van der Waals surface area contributed by atoms with E-state index in [0.29, 0.717) is 13.1 Å². The van der Waals surface area contributed by atoms with Crippen LogP contribution in [0.15, 0.2) is 0 Å². The Bertz CT molecular complexity index is 364. The van der Waals surface area contributed by atoms with Gasteiger partial charge in [0, 0.05) is 13.0 Å². The van der Waals surface area contributed by atoms with Crippen molar-refractivity contribution in [1.29, 1.82) is 0 Å². The lowest BCUT2D eigenvalue weighted by atomic mass is 10.0. The van der Waals surface area contributed by atoms with E-state index in [4.69, 9.17) is 5.73 Å². The maximum absolute atomic E-state index is 11.9. The molecule has 1 aliphatic carbocycles. The summed E-state index contributed by atoms with van der Waals surface area (Å²) in [6.45, 7) is 0.786. The van der Waals surface area contributed by atoms with Crippen molar-refractivity contribution in [3.05, 3.63) is 0 Å². The van der Waals surface area contributed by atoms with E-state index >= 15 is 0 Å². The average Bonchev–Trinajstić information content (AvgIpc) is 2.94. The molecule has 3 N–H and O–H groups in total. The van der Waals surface area contributed by atoms with Crippen molar-refractivity contribution >= 4 is 10.0 Å². The standard InChI is InChI=1S/C10H19F3N2O2S/c11-10(12,13)2-1-7-18(16,17)15-8-9(3-4-9)5-6-14/h15H,1-8,14H2. The lowest BCUT2D eigenvalue weighted by molar-refractivity contribution is -0.134. The molecule has 1 saturated carbocycles. The van der Waals surface area contributed by atoms with E-state index in [1.165, 1.54) is 0 Å². The van der Waals surface area contributed by atoms with Crippen LogP contribution in [0.2, 0.25) is 0 Å². The van der Waals surface area contributed by atoms with Crippen LogP contribution >= 0.6 is 0 Å². The first-order valence-corrected chi connectivity index (χ1v) is 7.57. The summed E-state index contributed by atoms with van der Waals surface area (Å²) in [6, 6.07) is 0. The van der Waals surface area contributed by atoms with E-state index < -0.39 is 34.8 Å². The van der Waals surface area contributed by atoms with Gasteiger partial charge < -0.3 is 5.73 Å². The molecule has 0 saturated heterocycles. The Morgan fingerprint density at radius 1 is 1.28 bits per heavy atom. The topological polar surface area (TPSA) is 72.2 Å². The van der Waals surface area contributed by atoms with Gasteiger partial charge in [0.15, 0.2) is 0 Å². The minimum absolute atomic E-state index is 0.0498. The SMILES string of the molecule is NCCC1(CNS(=O)(=O)CCCC(F)(F)F)CC1. The molecule has 8 heteroatoms. The molecule has 0 aromatic heterocycles. The Labute approximate surface area is 105 Å². The number of sulfonamides is 1. The predicted octanol–water partition coefficient (Wildman–Crippen LogP) is 1.38. The Balaban J connectivity index is 2.28. The number of rotatable bonds is 8. The number of halogens is 3. The number of alkyl halides is 3. The van der Waals surface area contributed by atoms with E-state index in [-0.39, 0.29) is 5.41 Å². The van der Waals surface area contributed by atoms with Crippen molar-refractivity contribution in [2.24, 2.45) is 11.1 Å². The normalized spacial score (nSPS) is 18.9. The van der Waals surface area contributed by atoms with E-state index in [2.05, 4.69) is 4.72 Å². The summed E-state index contributed by atoms with van der Waals surface area (Å²) in [5.41, 5.74) is 5.37. The molecule has 1 rings (SSSR count). The third-order valence-electron chi connectivity index (χ3n) is 3.17. The highest BCUT2D eigenvalue weighted by Gasteiger charge is 2.42. The van der Waals surface area contributed by atoms with E-state index in [9.17, 15) is 21.6 Å². The van der Waals surface area contributed by atoms with Crippen LogP contribution in [0.4, 0.5) is 13.2 Å². The van der Waals surface area contributed by atoms with Crippen LogP contribution in [-0.4, -0.2) is 33.4 Å². The van der Waals surface area contributed by atoms with Crippen LogP contribution in [0.1, 0.15) is 32.1 Å². The van der Waals surface area contributed by atoms with Gasteiger partial charge in [0.1, 0.15) is 0 Å². The van der Waals surface area contributed by atoms with Crippen molar-refractivity contribution in [2.75, 3.05) is 18.8 Å². The zero-order chi connectivity index (χ0) is 13.9. The highest BCUT2D eigenvalue weighted by atomic mass is 32.2. The molecule has 0 unspecified atom stereocenters. The second-order valence-corrected chi connectivity index (χ2v) is 6.82. The molecule has 0 aromatic carbocycles. The third-order valence-corrected chi connectivity index (χ3v) is 4.58. The summed E-state index contributed by atoms with van der Waals surface area (Å²) in [5.74, 6) is -0.481. The smallest absolute Gasteiger partial charge is 0.330 e. The zero-order valence-electron chi connectivity index (χ0n) is 10.1. The molecule has 1 aliphatic rings.